The Hall–Kier alpha value is -2.34. The van der Waals surface area contributed by atoms with Crippen LogP contribution in [0.15, 0.2) is 18.2 Å². The minimum Gasteiger partial charge on any atom is -0.496 e. The number of carboxylic acid groups (broad SMARTS) is 1. The summed E-state index contributed by atoms with van der Waals surface area (Å²) >= 11 is 0. The molecule has 1 atom stereocenters. The van der Waals surface area contributed by atoms with Gasteiger partial charge in [0.2, 0.25) is 0 Å². The average molecular weight is 331 g/mol. The van der Waals surface area contributed by atoms with Crippen LogP contribution in [0.25, 0.3) is 0 Å². The summed E-state index contributed by atoms with van der Waals surface area (Å²) in [6, 6.07) is 4.77. The Morgan fingerprint density at radius 1 is 1.38 bits per heavy atom. The van der Waals surface area contributed by atoms with Crippen molar-refractivity contribution in [2.45, 2.75) is 33.4 Å². The second kappa shape index (κ2) is 7.05. The molecule has 0 saturated heterocycles. The Kier molecular flexibility index (Phi) is 5.29. The fraction of sp³-hybridized carbons (Fsp3) is 0.444. The van der Waals surface area contributed by atoms with Crippen molar-refractivity contribution in [3.8, 4) is 5.75 Å². The predicted octanol–water partition coefficient (Wildman–Crippen LogP) is 2.61. The van der Waals surface area contributed by atoms with Gasteiger partial charge in [0.05, 0.1) is 12.8 Å². The van der Waals surface area contributed by atoms with Crippen LogP contribution in [0.3, 0.4) is 0 Å². The van der Waals surface area contributed by atoms with Crippen LogP contribution < -0.4 is 4.74 Å². The van der Waals surface area contributed by atoms with Crippen LogP contribution in [0.4, 0.5) is 0 Å². The van der Waals surface area contributed by atoms with Crippen LogP contribution in [0.1, 0.15) is 34.1 Å². The lowest BCUT2D eigenvalue weighted by Gasteiger charge is -2.25. The molecule has 0 radical (unpaired) electrons. The lowest BCUT2D eigenvalue weighted by Crippen LogP contribution is -2.31. The topological polar surface area (TPSA) is 67.6 Å². The Morgan fingerprint density at radius 3 is 2.50 bits per heavy atom. The summed E-state index contributed by atoms with van der Waals surface area (Å²) in [6.45, 7) is 6.38. The molecule has 0 spiro atoms. The van der Waals surface area contributed by atoms with Gasteiger partial charge in [-0.1, -0.05) is 12.1 Å². The highest BCUT2D eigenvalue weighted by Crippen LogP contribution is 2.27. The third-order valence-corrected chi connectivity index (χ3v) is 4.48. The molecule has 6 heteroatoms. The van der Waals surface area contributed by atoms with Gasteiger partial charge < -0.3 is 9.84 Å². The van der Waals surface area contributed by atoms with E-state index >= 15 is 0 Å². The molecule has 1 heterocycles. The van der Waals surface area contributed by atoms with E-state index in [0.29, 0.717) is 6.54 Å². The number of nitrogens with zero attached hydrogens (tertiary/aromatic N) is 3. The zero-order valence-electron chi connectivity index (χ0n) is 15.1. The Morgan fingerprint density at radius 2 is 2.04 bits per heavy atom. The minimum absolute atomic E-state index is 0.521. The van der Waals surface area contributed by atoms with E-state index < -0.39 is 12.0 Å². The number of carboxylic acids is 1. The molecular weight excluding hydrogens is 306 g/mol. The predicted molar refractivity (Wildman–Crippen MR) is 92.3 cm³/mol. The SMILES string of the molecule is COc1ccc([C@@H](C(=O)O)N(C)Cc2c(C)nn(C)c2C)cc1C. The molecule has 0 unspecified atom stereocenters. The van der Waals surface area contributed by atoms with Crippen molar-refractivity contribution in [3.63, 3.8) is 0 Å². The molecule has 1 aromatic carbocycles. The first-order chi connectivity index (χ1) is 11.3. The maximum absolute atomic E-state index is 11.9. The first-order valence-electron chi connectivity index (χ1n) is 7.83. The molecule has 0 aliphatic heterocycles. The molecule has 130 valence electrons. The van der Waals surface area contributed by atoms with Gasteiger partial charge in [0.1, 0.15) is 11.8 Å². The molecule has 0 fully saturated rings. The number of methoxy groups -OCH3 is 1. The van der Waals surface area contributed by atoms with Gasteiger partial charge in [-0.15, -0.1) is 0 Å². The second-order valence-corrected chi connectivity index (χ2v) is 6.16. The number of aryl methyl sites for hydroxylation is 3. The van der Waals surface area contributed by atoms with E-state index in [1.54, 1.807) is 7.11 Å². The number of aliphatic carboxylic acids is 1. The molecule has 2 aromatic rings. The van der Waals surface area contributed by atoms with Gasteiger partial charge in [-0.25, -0.2) is 0 Å². The summed E-state index contributed by atoms with van der Waals surface area (Å²) in [5, 5.41) is 14.1. The van der Waals surface area contributed by atoms with E-state index in [-0.39, 0.29) is 0 Å². The lowest BCUT2D eigenvalue weighted by molar-refractivity contribution is -0.143. The molecule has 1 N–H and O–H groups in total. The highest BCUT2D eigenvalue weighted by molar-refractivity contribution is 5.75. The maximum Gasteiger partial charge on any atom is 0.325 e. The summed E-state index contributed by atoms with van der Waals surface area (Å²) < 4.78 is 7.08. The number of benzene rings is 1. The molecule has 1 aromatic heterocycles. The molecule has 2 rings (SSSR count). The summed E-state index contributed by atoms with van der Waals surface area (Å²) in [7, 11) is 5.33. The lowest BCUT2D eigenvalue weighted by atomic mass is 10.0. The summed E-state index contributed by atoms with van der Waals surface area (Å²) in [5.74, 6) is -0.120. The molecular formula is C18H25N3O3. The highest BCUT2D eigenvalue weighted by atomic mass is 16.5. The Balaban J connectivity index is 2.33. The minimum atomic E-state index is -0.874. The molecule has 0 saturated carbocycles. The van der Waals surface area contributed by atoms with Crippen LogP contribution in [0.5, 0.6) is 5.75 Å². The largest absolute Gasteiger partial charge is 0.496 e. The van der Waals surface area contributed by atoms with E-state index in [2.05, 4.69) is 5.10 Å². The van der Waals surface area contributed by atoms with E-state index in [0.717, 1.165) is 33.8 Å². The zero-order chi connectivity index (χ0) is 18.0. The van der Waals surface area contributed by atoms with Crippen LogP contribution in [-0.2, 0) is 18.4 Å². The number of likely N-dealkylation sites (N-methyl/N-ethyl adjacent to an activating group) is 1. The van der Waals surface area contributed by atoms with Crippen LogP contribution in [0, 0.1) is 20.8 Å². The monoisotopic (exact) mass is 331 g/mol. The van der Waals surface area contributed by atoms with E-state index in [1.165, 1.54) is 0 Å². The van der Waals surface area contributed by atoms with Gasteiger partial charge in [0.25, 0.3) is 0 Å². The van der Waals surface area contributed by atoms with Crippen LogP contribution >= 0.6 is 0 Å². The Labute approximate surface area is 142 Å². The van der Waals surface area contributed by atoms with Crippen LogP contribution in [0.2, 0.25) is 0 Å². The fourth-order valence-corrected chi connectivity index (χ4v) is 3.04. The van der Waals surface area contributed by atoms with Gasteiger partial charge in [-0.3, -0.25) is 14.4 Å². The van der Waals surface area contributed by atoms with Gasteiger partial charge >= 0.3 is 5.97 Å². The summed E-state index contributed by atoms with van der Waals surface area (Å²) in [6.07, 6.45) is 0. The van der Waals surface area contributed by atoms with Gasteiger partial charge in [-0.05, 0) is 45.0 Å². The normalized spacial score (nSPS) is 12.5. The molecule has 0 amide bonds. The Bertz CT molecular complexity index is 752. The third-order valence-electron chi connectivity index (χ3n) is 4.48. The molecule has 0 aliphatic carbocycles. The molecule has 24 heavy (non-hydrogen) atoms. The smallest absolute Gasteiger partial charge is 0.325 e. The first-order valence-corrected chi connectivity index (χ1v) is 7.83. The molecule has 0 bridgehead atoms. The first kappa shape index (κ1) is 18.0. The fourth-order valence-electron chi connectivity index (χ4n) is 3.04. The number of hydrogen-bond acceptors (Lipinski definition) is 4. The van der Waals surface area contributed by atoms with Crippen molar-refractivity contribution in [1.82, 2.24) is 14.7 Å². The average Bonchev–Trinajstić information content (AvgIpc) is 2.74. The summed E-state index contributed by atoms with van der Waals surface area (Å²) in [4.78, 5) is 13.7. The molecule has 0 aliphatic rings. The molecule has 6 nitrogen and oxygen atoms in total. The van der Waals surface area contributed by atoms with E-state index in [1.807, 2.05) is 62.6 Å². The third kappa shape index (κ3) is 3.43. The van der Waals surface area contributed by atoms with Crippen molar-refractivity contribution in [1.29, 1.82) is 0 Å². The van der Waals surface area contributed by atoms with Crippen molar-refractivity contribution in [3.05, 3.63) is 46.3 Å². The van der Waals surface area contributed by atoms with Gasteiger partial charge in [0, 0.05) is 24.8 Å². The maximum atomic E-state index is 11.9. The quantitative estimate of drug-likeness (QED) is 0.881. The second-order valence-electron chi connectivity index (χ2n) is 6.16. The van der Waals surface area contributed by atoms with Crippen LogP contribution in [-0.4, -0.2) is 39.9 Å². The standard InChI is InChI=1S/C18H25N3O3/c1-11-9-14(7-8-16(11)24-6)17(18(22)23)20(4)10-15-12(2)19-21(5)13(15)3/h7-9,17H,10H2,1-6H3,(H,22,23)/t17-/m0/s1. The number of aromatic nitrogens is 2. The van der Waals surface area contributed by atoms with Gasteiger partial charge in [-0.2, -0.15) is 5.10 Å². The van der Waals surface area contributed by atoms with Gasteiger partial charge in [0.15, 0.2) is 0 Å². The van der Waals surface area contributed by atoms with Crippen molar-refractivity contribution in [2.75, 3.05) is 14.2 Å². The number of ether oxygens (including phenoxy) is 1. The van der Waals surface area contributed by atoms with Crippen molar-refractivity contribution >= 4 is 5.97 Å². The van der Waals surface area contributed by atoms with Crippen molar-refractivity contribution in [2.24, 2.45) is 7.05 Å². The van der Waals surface area contributed by atoms with E-state index in [4.69, 9.17) is 4.74 Å². The van der Waals surface area contributed by atoms with Crippen molar-refractivity contribution < 1.29 is 14.6 Å². The number of carbonyl (C=O) groups is 1. The number of hydrogen-bond donors (Lipinski definition) is 1. The summed E-state index contributed by atoms with van der Waals surface area (Å²) in [5.41, 5.74) is 4.70. The zero-order valence-corrected chi connectivity index (χ0v) is 15.1. The number of rotatable bonds is 6. The van der Waals surface area contributed by atoms with E-state index in [9.17, 15) is 9.90 Å². The highest BCUT2D eigenvalue weighted by Gasteiger charge is 2.26.